The Morgan fingerprint density at radius 3 is 2.91 bits per heavy atom. The number of nitrogens with zero attached hydrogens (tertiary/aromatic N) is 5. The fraction of sp³-hybridized carbons (Fsp3) is 0.733. The highest BCUT2D eigenvalue weighted by Gasteiger charge is 2.27. The van der Waals surface area contributed by atoms with Gasteiger partial charge in [0.1, 0.15) is 12.4 Å². The van der Waals surface area contributed by atoms with Crippen molar-refractivity contribution < 1.29 is 14.7 Å². The number of hydrogen-bond donors (Lipinski definition) is 1. The van der Waals surface area contributed by atoms with Crippen molar-refractivity contribution in [2.24, 2.45) is 0 Å². The molecule has 1 atom stereocenters. The summed E-state index contributed by atoms with van der Waals surface area (Å²) >= 11 is 0. The maximum atomic E-state index is 12.4. The number of amides is 2. The minimum absolute atomic E-state index is 0.0117. The predicted molar refractivity (Wildman–Crippen MR) is 83.3 cm³/mol. The van der Waals surface area contributed by atoms with E-state index in [-0.39, 0.29) is 24.4 Å². The van der Waals surface area contributed by atoms with E-state index in [1.807, 2.05) is 18.4 Å². The molecular formula is C15H25N5O3. The Hall–Kier alpha value is -1.96. The quantitative estimate of drug-likeness (QED) is 0.835. The lowest BCUT2D eigenvalue weighted by molar-refractivity contribution is -0.145. The Balaban J connectivity index is 1.96. The second kappa shape index (κ2) is 7.54. The summed E-state index contributed by atoms with van der Waals surface area (Å²) in [4.78, 5) is 27.4. The van der Waals surface area contributed by atoms with Gasteiger partial charge in [0.25, 0.3) is 5.91 Å². The summed E-state index contributed by atoms with van der Waals surface area (Å²) in [5, 5.41) is 17.7. The highest BCUT2D eigenvalue weighted by molar-refractivity contribution is 5.86. The zero-order chi connectivity index (χ0) is 17.0. The molecular weight excluding hydrogens is 298 g/mol. The van der Waals surface area contributed by atoms with Gasteiger partial charge in [-0.1, -0.05) is 0 Å². The van der Waals surface area contributed by atoms with Crippen LogP contribution in [0.1, 0.15) is 45.0 Å². The summed E-state index contributed by atoms with van der Waals surface area (Å²) in [6.07, 6.45) is 2.73. The molecule has 1 aliphatic rings. The third kappa shape index (κ3) is 4.28. The van der Waals surface area contributed by atoms with Crippen LogP contribution in [-0.2, 0) is 16.1 Å². The average Bonchev–Trinajstić information content (AvgIpc) is 2.91. The Morgan fingerprint density at radius 2 is 2.22 bits per heavy atom. The topological polar surface area (TPSA) is 91.6 Å². The van der Waals surface area contributed by atoms with E-state index in [1.165, 1.54) is 9.80 Å². The fourth-order valence-corrected chi connectivity index (χ4v) is 2.64. The summed E-state index contributed by atoms with van der Waals surface area (Å²) in [7, 11) is 1.68. The smallest absolute Gasteiger partial charge is 0.251 e. The van der Waals surface area contributed by atoms with Gasteiger partial charge in [-0.05, 0) is 33.1 Å². The van der Waals surface area contributed by atoms with Crippen LogP contribution >= 0.6 is 0 Å². The fourth-order valence-electron chi connectivity index (χ4n) is 2.64. The molecule has 0 radical (unpaired) electrons. The Kier molecular flexibility index (Phi) is 5.70. The number of rotatable bonds is 5. The van der Waals surface area contributed by atoms with Gasteiger partial charge in [0, 0.05) is 19.6 Å². The van der Waals surface area contributed by atoms with Gasteiger partial charge < -0.3 is 19.5 Å². The molecule has 2 heterocycles. The summed E-state index contributed by atoms with van der Waals surface area (Å²) in [6.45, 7) is 4.87. The summed E-state index contributed by atoms with van der Waals surface area (Å²) in [5.41, 5.74) is 0. The van der Waals surface area contributed by atoms with Crippen LogP contribution in [0, 0.1) is 0 Å². The summed E-state index contributed by atoms with van der Waals surface area (Å²) in [5.74, 6) is 0.179. The average molecular weight is 323 g/mol. The number of aliphatic hydroxyl groups excluding tert-OH is 1. The van der Waals surface area contributed by atoms with Gasteiger partial charge in [-0.3, -0.25) is 9.59 Å². The molecule has 128 valence electrons. The standard InChI is InChI=1S/C15H25N5O3/c1-11(2)20-10-16-17-13(20)8-18(3)14(22)9-19-7-5-4-6-12(21)15(19)23/h10-12,21H,4-9H2,1-3H3. The van der Waals surface area contributed by atoms with Crippen LogP contribution in [0.2, 0.25) is 0 Å². The molecule has 8 nitrogen and oxygen atoms in total. The molecule has 1 fully saturated rings. The predicted octanol–water partition coefficient (Wildman–Crippen LogP) is 0.191. The normalized spacial score (nSPS) is 19.1. The zero-order valence-corrected chi connectivity index (χ0v) is 14.0. The first kappa shape index (κ1) is 17.4. The van der Waals surface area contributed by atoms with Crippen molar-refractivity contribution in [3.8, 4) is 0 Å². The van der Waals surface area contributed by atoms with E-state index in [9.17, 15) is 14.7 Å². The van der Waals surface area contributed by atoms with Crippen molar-refractivity contribution in [2.75, 3.05) is 20.1 Å². The van der Waals surface area contributed by atoms with Crippen LogP contribution in [-0.4, -0.2) is 67.7 Å². The monoisotopic (exact) mass is 323 g/mol. The number of likely N-dealkylation sites (N-methyl/N-ethyl adjacent to an activating group) is 1. The third-order valence-electron chi connectivity index (χ3n) is 4.09. The SMILES string of the molecule is CC(C)n1cnnc1CN(C)C(=O)CN1CCCCC(O)C1=O. The van der Waals surface area contributed by atoms with Gasteiger partial charge in [0.05, 0.1) is 13.1 Å². The van der Waals surface area contributed by atoms with Crippen LogP contribution in [0.15, 0.2) is 6.33 Å². The number of likely N-dealkylation sites (tertiary alicyclic amines) is 1. The highest BCUT2D eigenvalue weighted by atomic mass is 16.3. The van der Waals surface area contributed by atoms with Crippen molar-refractivity contribution in [3.05, 3.63) is 12.2 Å². The molecule has 0 bridgehead atoms. The molecule has 0 aliphatic carbocycles. The molecule has 1 aliphatic heterocycles. The van der Waals surface area contributed by atoms with Crippen LogP contribution in [0.4, 0.5) is 0 Å². The zero-order valence-electron chi connectivity index (χ0n) is 14.0. The number of hydrogen-bond acceptors (Lipinski definition) is 5. The highest BCUT2D eigenvalue weighted by Crippen LogP contribution is 2.13. The lowest BCUT2D eigenvalue weighted by Crippen LogP contribution is -2.44. The minimum Gasteiger partial charge on any atom is -0.383 e. The van der Waals surface area contributed by atoms with Crippen molar-refractivity contribution in [1.82, 2.24) is 24.6 Å². The van der Waals surface area contributed by atoms with Gasteiger partial charge in [0.2, 0.25) is 5.91 Å². The number of carbonyl (C=O) groups excluding carboxylic acids is 2. The van der Waals surface area contributed by atoms with Crippen LogP contribution in [0.5, 0.6) is 0 Å². The second-order valence-corrected chi connectivity index (χ2v) is 6.27. The largest absolute Gasteiger partial charge is 0.383 e. The molecule has 2 rings (SSSR count). The van der Waals surface area contributed by atoms with E-state index in [0.29, 0.717) is 25.3 Å². The molecule has 23 heavy (non-hydrogen) atoms. The molecule has 1 aromatic rings. The summed E-state index contributed by atoms with van der Waals surface area (Å²) < 4.78 is 1.91. The molecule has 1 saturated heterocycles. The first-order valence-corrected chi connectivity index (χ1v) is 7.99. The van der Waals surface area contributed by atoms with Crippen molar-refractivity contribution >= 4 is 11.8 Å². The van der Waals surface area contributed by atoms with Crippen molar-refractivity contribution in [1.29, 1.82) is 0 Å². The van der Waals surface area contributed by atoms with Crippen LogP contribution < -0.4 is 0 Å². The molecule has 0 saturated carbocycles. The van der Waals surface area contributed by atoms with Gasteiger partial charge in [-0.15, -0.1) is 10.2 Å². The van der Waals surface area contributed by atoms with E-state index in [0.717, 1.165) is 12.8 Å². The van der Waals surface area contributed by atoms with E-state index < -0.39 is 6.10 Å². The number of aliphatic hydroxyl groups is 1. The van der Waals surface area contributed by atoms with E-state index >= 15 is 0 Å². The molecule has 1 N–H and O–H groups in total. The maximum Gasteiger partial charge on any atom is 0.251 e. The molecule has 0 spiro atoms. The van der Waals surface area contributed by atoms with Gasteiger partial charge >= 0.3 is 0 Å². The minimum atomic E-state index is -0.986. The lowest BCUT2D eigenvalue weighted by Gasteiger charge is -2.25. The molecule has 1 aromatic heterocycles. The second-order valence-electron chi connectivity index (χ2n) is 6.27. The van der Waals surface area contributed by atoms with E-state index in [2.05, 4.69) is 10.2 Å². The number of aromatic nitrogens is 3. The van der Waals surface area contributed by atoms with Gasteiger partial charge in [-0.2, -0.15) is 0 Å². The first-order chi connectivity index (χ1) is 10.9. The molecule has 8 heteroatoms. The molecule has 1 unspecified atom stereocenters. The summed E-state index contributed by atoms with van der Waals surface area (Å²) in [6, 6.07) is 0.214. The van der Waals surface area contributed by atoms with Crippen molar-refractivity contribution in [3.63, 3.8) is 0 Å². The van der Waals surface area contributed by atoms with Gasteiger partial charge in [-0.25, -0.2) is 0 Å². The third-order valence-corrected chi connectivity index (χ3v) is 4.09. The van der Waals surface area contributed by atoms with Crippen LogP contribution in [0.25, 0.3) is 0 Å². The van der Waals surface area contributed by atoms with E-state index in [4.69, 9.17) is 0 Å². The molecule has 2 amide bonds. The van der Waals surface area contributed by atoms with Crippen molar-refractivity contribution in [2.45, 2.75) is 51.8 Å². The lowest BCUT2D eigenvalue weighted by atomic mass is 10.2. The maximum absolute atomic E-state index is 12.4. The first-order valence-electron chi connectivity index (χ1n) is 7.99. The molecule has 0 aromatic carbocycles. The Bertz CT molecular complexity index is 557. The van der Waals surface area contributed by atoms with Gasteiger partial charge in [0.15, 0.2) is 5.82 Å². The van der Waals surface area contributed by atoms with Crippen LogP contribution in [0.3, 0.4) is 0 Å². The number of carbonyl (C=O) groups is 2. The Labute approximate surface area is 136 Å². The Morgan fingerprint density at radius 1 is 1.48 bits per heavy atom. The van der Waals surface area contributed by atoms with E-state index in [1.54, 1.807) is 13.4 Å².